The van der Waals surface area contributed by atoms with Gasteiger partial charge in [-0.25, -0.2) is 9.78 Å². The molecule has 0 fully saturated rings. The first-order chi connectivity index (χ1) is 13.5. The monoisotopic (exact) mass is 396 g/mol. The number of nitrogens with zero attached hydrogens (tertiary/aromatic N) is 2. The zero-order valence-electron chi connectivity index (χ0n) is 15.8. The van der Waals surface area contributed by atoms with E-state index >= 15 is 0 Å². The number of benzene rings is 2. The molecule has 2 aromatic carbocycles. The molecule has 0 saturated heterocycles. The summed E-state index contributed by atoms with van der Waals surface area (Å²) in [6.07, 6.45) is -0.927. The van der Waals surface area contributed by atoms with Crippen molar-refractivity contribution in [2.75, 3.05) is 19.1 Å². The van der Waals surface area contributed by atoms with Gasteiger partial charge in [-0.05, 0) is 43.3 Å². The van der Waals surface area contributed by atoms with Crippen molar-refractivity contribution in [3.8, 4) is 16.3 Å². The Morgan fingerprint density at radius 2 is 1.75 bits per heavy atom. The Morgan fingerprint density at radius 3 is 2.39 bits per heavy atom. The van der Waals surface area contributed by atoms with E-state index in [2.05, 4.69) is 4.98 Å². The van der Waals surface area contributed by atoms with Crippen molar-refractivity contribution in [1.29, 1.82) is 0 Å². The van der Waals surface area contributed by atoms with Crippen LogP contribution in [-0.4, -0.2) is 37.1 Å². The molecule has 0 aliphatic heterocycles. The Morgan fingerprint density at radius 1 is 1.07 bits per heavy atom. The number of rotatable bonds is 6. The minimum Gasteiger partial charge on any atom is -0.497 e. The van der Waals surface area contributed by atoms with Gasteiger partial charge in [-0.15, -0.1) is 11.3 Å². The number of anilines is 1. The largest absolute Gasteiger partial charge is 0.497 e. The number of ether oxygens (including phenoxy) is 2. The predicted molar refractivity (Wildman–Crippen MR) is 109 cm³/mol. The predicted octanol–water partition coefficient (Wildman–Crippen LogP) is 4.03. The second kappa shape index (κ2) is 8.67. The fraction of sp³-hybridized carbons (Fsp3) is 0.190. The van der Waals surface area contributed by atoms with Crippen LogP contribution < -0.4 is 9.64 Å². The van der Waals surface area contributed by atoms with Crippen LogP contribution in [0.3, 0.4) is 0 Å². The molecule has 1 amide bonds. The van der Waals surface area contributed by atoms with Crippen molar-refractivity contribution >= 4 is 28.9 Å². The number of methoxy groups -OCH3 is 1. The third kappa shape index (κ3) is 4.37. The van der Waals surface area contributed by atoms with Crippen molar-refractivity contribution in [3.63, 3.8) is 0 Å². The van der Waals surface area contributed by atoms with Gasteiger partial charge in [0.05, 0.1) is 7.11 Å². The van der Waals surface area contributed by atoms with Crippen LogP contribution in [0.5, 0.6) is 5.75 Å². The first kappa shape index (κ1) is 19.6. The van der Waals surface area contributed by atoms with E-state index in [1.54, 1.807) is 26.5 Å². The summed E-state index contributed by atoms with van der Waals surface area (Å²) in [5.41, 5.74) is 1.78. The van der Waals surface area contributed by atoms with E-state index in [-0.39, 0.29) is 11.6 Å². The van der Waals surface area contributed by atoms with Crippen molar-refractivity contribution in [2.24, 2.45) is 0 Å². The summed E-state index contributed by atoms with van der Waals surface area (Å²) in [5.74, 6) is -0.196. The normalized spacial score (nSPS) is 11.5. The van der Waals surface area contributed by atoms with Gasteiger partial charge in [-0.3, -0.25) is 4.79 Å². The lowest BCUT2D eigenvalue weighted by atomic mass is 10.2. The van der Waals surface area contributed by atoms with Gasteiger partial charge in [0.2, 0.25) is 0 Å². The van der Waals surface area contributed by atoms with Crippen LogP contribution in [-0.2, 0) is 9.53 Å². The van der Waals surface area contributed by atoms with Crippen LogP contribution in [0.25, 0.3) is 10.6 Å². The fourth-order valence-electron chi connectivity index (χ4n) is 2.56. The van der Waals surface area contributed by atoms with Gasteiger partial charge in [-0.1, -0.05) is 18.2 Å². The number of para-hydroxylation sites is 1. The summed E-state index contributed by atoms with van der Waals surface area (Å²) >= 11 is 1.33. The molecule has 0 aliphatic rings. The number of likely N-dealkylation sites (N-methyl/N-ethyl adjacent to an activating group) is 1. The van der Waals surface area contributed by atoms with E-state index in [0.29, 0.717) is 5.01 Å². The second-order valence-corrected chi connectivity index (χ2v) is 6.90. The molecule has 1 heterocycles. The third-order valence-corrected chi connectivity index (χ3v) is 5.05. The van der Waals surface area contributed by atoms with Crippen molar-refractivity contribution in [3.05, 3.63) is 65.7 Å². The number of aromatic nitrogens is 1. The number of esters is 1. The number of carbonyl (C=O) groups is 2. The van der Waals surface area contributed by atoms with Crippen LogP contribution in [0.15, 0.2) is 60.0 Å². The first-order valence-corrected chi connectivity index (χ1v) is 9.51. The van der Waals surface area contributed by atoms with Crippen LogP contribution in [0.1, 0.15) is 17.4 Å². The molecular weight excluding hydrogens is 376 g/mol. The summed E-state index contributed by atoms with van der Waals surface area (Å²) in [4.78, 5) is 30.7. The maximum Gasteiger partial charge on any atom is 0.358 e. The zero-order chi connectivity index (χ0) is 20.1. The minimum absolute atomic E-state index is 0.179. The molecule has 0 N–H and O–H groups in total. The summed E-state index contributed by atoms with van der Waals surface area (Å²) in [5, 5.41) is 2.31. The van der Waals surface area contributed by atoms with Gasteiger partial charge < -0.3 is 14.4 Å². The molecule has 7 heteroatoms. The zero-order valence-corrected chi connectivity index (χ0v) is 16.6. The van der Waals surface area contributed by atoms with Gasteiger partial charge >= 0.3 is 5.97 Å². The molecule has 1 aromatic heterocycles. The van der Waals surface area contributed by atoms with Gasteiger partial charge in [0.25, 0.3) is 5.91 Å². The molecule has 1 atom stereocenters. The van der Waals surface area contributed by atoms with Crippen molar-refractivity contribution in [1.82, 2.24) is 4.98 Å². The lowest BCUT2D eigenvalue weighted by Gasteiger charge is -2.21. The number of hydrogen-bond acceptors (Lipinski definition) is 6. The Kier molecular flexibility index (Phi) is 6.06. The quantitative estimate of drug-likeness (QED) is 0.589. The molecule has 0 aliphatic carbocycles. The van der Waals surface area contributed by atoms with Gasteiger partial charge in [-0.2, -0.15) is 0 Å². The van der Waals surface area contributed by atoms with Crippen LogP contribution in [0, 0.1) is 0 Å². The standard InChI is InChI=1S/C21H20N2O4S/c1-14(20(24)23(2)16-7-5-4-6-8-16)27-21(25)18-13-28-19(22-18)15-9-11-17(26-3)12-10-15/h4-14H,1-3H3/t14-/m1/s1. The van der Waals surface area contributed by atoms with Crippen LogP contribution >= 0.6 is 11.3 Å². The number of hydrogen-bond donors (Lipinski definition) is 0. The van der Waals surface area contributed by atoms with E-state index in [1.807, 2.05) is 54.6 Å². The fourth-order valence-corrected chi connectivity index (χ4v) is 3.35. The molecule has 0 saturated carbocycles. The molecule has 6 nitrogen and oxygen atoms in total. The number of amides is 1. The van der Waals surface area contributed by atoms with Gasteiger partial charge in [0.1, 0.15) is 10.8 Å². The smallest absolute Gasteiger partial charge is 0.358 e. The topological polar surface area (TPSA) is 68.7 Å². The average Bonchev–Trinajstić information content (AvgIpc) is 3.23. The molecule has 144 valence electrons. The molecule has 0 bridgehead atoms. The molecule has 0 unspecified atom stereocenters. The molecule has 0 spiro atoms. The highest BCUT2D eigenvalue weighted by Crippen LogP contribution is 2.26. The van der Waals surface area contributed by atoms with Crippen molar-refractivity contribution in [2.45, 2.75) is 13.0 Å². The highest BCUT2D eigenvalue weighted by Gasteiger charge is 2.24. The third-order valence-electron chi connectivity index (χ3n) is 4.16. The van der Waals surface area contributed by atoms with E-state index < -0.39 is 12.1 Å². The van der Waals surface area contributed by atoms with E-state index in [9.17, 15) is 9.59 Å². The maximum absolute atomic E-state index is 12.5. The maximum atomic E-state index is 12.5. The molecule has 28 heavy (non-hydrogen) atoms. The number of thiazole rings is 1. The summed E-state index contributed by atoms with van der Waals surface area (Å²) in [7, 11) is 3.25. The van der Waals surface area contributed by atoms with E-state index in [4.69, 9.17) is 9.47 Å². The van der Waals surface area contributed by atoms with Gasteiger partial charge in [0.15, 0.2) is 11.8 Å². The summed E-state index contributed by atoms with van der Waals surface area (Å²) < 4.78 is 10.5. The van der Waals surface area contributed by atoms with Crippen molar-refractivity contribution < 1.29 is 19.1 Å². The molecule has 3 rings (SSSR count). The summed E-state index contributed by atoms with van der Waals surface area (Å²) in [6, 6.07) is 16.6. The Bertz CT molecular complexity index is 954. The average molecular weight is 396 g/mol. The lowest BCUT2D eigenvalue weighted by Crippen LogP contribution is -2.37. The highest BCUT2D eigenvalue weighted by atomic mass is 32.1. The second-order valence-electron chi connectivity index (χ2n) is 6.05. The Balaban J connectivity index is 1.65. The molecule has 0 radical (unpaired) electrons. The molecular formula is C21H20N2O4S. The van der Waals surface area contributed by atoms with Gasteiger partial charge in [0, 0.05) is 23.7 Å². The number of carbonyl (C=O) groups excluding carboxylic acids is 2. The minimum atomic E-state index is -0.927. The highest BCUT2D eigenvalue weighted by molar-refractivity contribution is 7.13. The van der Waals surface area contributed by atoms with Crippen LogP contribution in [0.4, 0.5) is 5.69 Å². The first-order valence-electron chi connectivity index (χ1n) is 8.63. The Labute approximate surface area is 167 Å². The SMILES string of the molecule is COc1ccc(-c2nc(C(=O)O[C@H](C)C(=O)N(C)c3ccccc3)cs2)cc1. The summed E-state index contributed by atoms with van der Waals surface area (Å²) in [6.45, 7) is 1.55. The van der Waals surface area contributed by atoms with E-state index in [0.717, 1.165) is 17.0 Å². The van der Waals surface area contributed by atoms with E-state index in [1.165, 1.54) is 16.2 Å². The lowest BCUT2D eigenvalue weighted by molar-refractivity contribution is -0.126. The molecule has 3 aromatic rings. The van der Waals surface area contributed by atoms with Crippen LogP contribution in [0.2, 0.25) is 0 Å². The Hall–Kier alpha value is -3.19.